The lowest BCUT2D eigenvalue weighted by Crippen LogP contribution is -2.27. The van der Waals surface area contributed by atoms with Crippen LogP contribution in [-0.2, 0) is 0 Å². The Balaban J connectivity index is 1.82. The molecular weight excluding hydrogens is 254 g/mol. The SMILES string of the molecule is CCC1CCCC(Nc2cc3n[nH]c(=O)n3c(C)n2)C1. The van der Waals surface area contributed by atoms with Gasteiger partial charge in [-0.05, 0) is 25.7 Å². The van der Waals surface area contributed by atoms with E-state index in [2.05, 4.69) is 27.4 Å². The second-order valence-electron chi connectivity index (χ2n) is 5.69. The van der Waals surface area contributed by atoms with E-state index in [0.29, 0.717) is 17.5 Å². The summed E-state index contributed by atoms with van der Waals surface area (Å²) in [5.41, 5.74) is 0.383. The van der Waals surface area contributed by atoms with Gasteiger partial charge in [-0.25, -0.2) is 19.3 Å². The topological polar surface area (TPSA) is 75.1 Å². The van der Waals surface area contributed by atoms with Crippen LogP contribution in [0.1, 0.15) is 44.9 Å². The fourth-order valence-corrected chi connectivity index (χ4v) is 3.17. The molecule has 2 N–H and O–H groups in total. The van der Waals surface area contributed by atoms with E-state index < -0.39 is 0 Å². The maximum absolute atomic E-state index is 11.6. The molecule has 6 heteroatoms. The zero-order valence-corrected chi connectivity index (χ0v) is 12.0. The summed E-state index contributed by atoms with van der Waals surface area (Å²) in [7, 11) is 0. The molecule has 1 fully saturated rings. The number of nitrogens with zero attached hydrogens (tertiary/aromatic N) is 3. The molecule has 0 aromatic carbocycles. The van der Waals surface area contributed by atoms with Crippen molar-refractivity contribution in [2.75, 3.05) is 5.32 Å². The predicted molar refractivity (Wildman–Crippen MR) is 78.0 cm³/mol. The monoisotopic (exact) mass is 275 g/mol. The summed E-state index contributed by atoms with van der Waals surface area (Å²) in [6.45, 7) is 4.09. The molecule has 1 saturated carbocycles. The van der Waals surface area contributed by atoms with Gasteiger partial charge in [0.2, 0.25) is 0 Å². The Morgan fingerprint density at radius 1 is 1.50 bits per heavy atom. The van der Waals surface area contributed by atoms with Crippen LogP contribution < -0.4 is 11.0 Å². The first kappa shape index (κ1) is 13.1. The van der Waals surface area contributed by atoms with Gasteiger partial charge in [0.05, 0.1) is 0 Å². The molecule has 0 saturated heterocycles. The molecule has 0 aliphatic heterocycles. The molecule has 0 amide bonds. The first-order valence-corrected chi connectivity index (χ1v) is 7.38. The van der Waals surface area contributed by atoms with E-state index in [1.165, 1.54) is 36.5 Å². The molecular formula is C14H21N5O. The van der Waals surface area contributed by atoms with Crippen molar-refractivity contribution in [1.29, 1.82) is 0 Å². The highest BCUT2D eigenvalue weighted by atomic mass is 16.1. The van der Waals surface area contributed by atoms with Crippen molar-refractivity contribution in [3.05, 3.63) is 22.4 Å². The fraction of sp³-hybridized carbons (Fsp3) is 0.643. The molecule has 20 heavy (non-hydrogen) atoms. The smallest absolute Gasteiger partial charge is 0.349 e. The molecule has 2 aromatic rings. The van der Waals surface area contributed by atoms with Crippen LogP contribution in [0.15, 0.2) is 10.9 Å². The van der Waals surface area contributed by atoms with Crippen molar-refractivity contribution in [3.8, 4) is 0 Å². The predicted octanol–water partition coefficient (Wildman–Crippen LogP) is 2.11. The van der Waals surface area contributed by atoms with Gasteiger partial charge in [-0.3, -0.25) is 0 Å². The minimum Gasteiger partial charge on any atom is -0.367 e. The third kappa shape index (κ3) is 2.42. The summed E-state index contributed by atoms with van der Waals surface area (Å²) in [6.07, 6.45) is 6.26. The van der Waals surface area contributed by atoms with Gasteiger partial charge in [0.25, 0.3) is 0 Å². The van der Waals surface area contributed by atoms with Gasteiger partial charge in [0.1, 0.15) is 11.6 Å². The number of fused-ring (bicyclic) bond motifs is 1. The molecule has 1 aliphatic carbocycles. The third-order valence-corrected chi connectivity index (χ3v) is 4.28. The maximum atomic E-state index is 11.6. The standard InChI is InChI=1S/C14H21N5O/c1-3-10-5-4-6-11(7-10)16-12-8-13-17-18-14(20)19(13)9(2)15-12/h8,10-11,16H,3-7H2,1-2H3,(H,18,20). The van der Waals surface area contributed by atoms with Crippen molar-refractivity contribution in [2.45, 2.75) is 52.0 Å². The molecule has 2 atom stereocenters. The highest BCUT2D eigenvalue weighted by molar-refractivity contribution is 5.50. The summed E-state index contributed by atoms with van der Waals surface area (Å²) in [4.78, 5) is 16.0. The van der Waals surface area contributed by atoms with Crippen LogP contribution in [0.3, 0.4) is 0 Å². The Morgan fingerprint density at radius 3 is 3.15 bits per heavy atom. The average Bonchev–Trinajstić information content (AvgIpc) is 2.81. The van der Waals surface area contributed by atoms with Crippen molar-refractivity contribution < 1.29 is 0 Å². The summed E-state index contributed by atoms with van der Waals surface area (Å²) < 4.78 is 1.49. The molecule has 2 unspecified atom stereocenters. The Bertz CT molecular complexity index is 659. The molecule has 3 rings (SSSR count). The summed E-state index contributed by atoms with van der Waals surface area (Å²) in [5, 5.41) is 9.97. The number of aromatic nitrogens is 4. The summed E-state index contributed by atoms with van der Waals surface area (Å²) in [6, 6.07) is 2.31. The van der Waals surface area contributed by atoms with Crippen molar-refractivity contribution in [2.24, 2.45) is 5.92 Å². The molecule has 2 aromatic heterocycles. The van der Waals surface area contributed by atoms with Crippen LogP contribution in [0.4, 0.5) is 5.82 Å². The van der Waals surface area contributed by atoms with Crippen LogP contribution in [0.5, 0.6) is 0 Å². The summed E-state index contributed by atoms with van der Waals surface area (Å²) >= 11 is 0. The fourth-order valence-electron chi connectivity index (χ4n) is 3.17. The summed E-state index contributed by atoms with van der Waals surface area (Å²) in [5.74, 6) is 2.29. The zero-order chi connectivity index (χ0) is 14.1. The first-order valence-electron chi connectivity index (χ1n) is 7.38. The maximum Gasteiger partial charge on any atom is 0.349 e. The van der Waals surface area contributed by atoms with Crippen LogP contribution >= 0.6 is 0 Å². The van der Waals surface area contributed by atoms with Gasteiger partial charge >= 0.3 is 5.69 Å². The minimum absolute atomic E-state index is 0.236. The van der Waals surface area contributed by atoms with Gasteiger partial charge in [0.15, 0.2) is 5.65 Å². The van der Waals surface area contributed by atoms with Crippen LogP contribution in [0.2, 0.25) is 0 Å². The highest BCUT2D eigenvalue weighted by Crippen LogP contribution is 2.28. The van der Waals surface area contributed by atoms with E-state index in [4.69, 9.17) is 0 Å². The van der Waals surface area contributed by atoms with E-state index in [9.17, 15) is 4.79 Å². The van der Waals surface area contributed by atoms with Crippen molar-refractivity contribution in [3.63, 3.8) is 0 Å². The van der Waals surface area contributed by atoms with Crippen LogP contribution in [0.25, 0.3) is 5.65 Å². The van der Waals surface area contributed by atoms with Crippen LogP contribution in [0, 0.1) is 12.8 Å². The van der Waals surface area contributed by atoms with Crippen molar-refractivity contribution >= 4 is 11.5 Å². The van der Waals surface area contributed by atoms with E-state index in [-0.39, 0.29) is 5.69 Å². The highest BCUT2D eigenvalue weighted by Gasteiger charge is 2.21. The Labute approximate surface area is 117 Å². The lowest BCUT2D eigenvalue weighted by Gasteiger charge is -2.29. The van der Waals surface area contributed by atoms with Crippen molar-refractivity contribution in [1.82, 2.24) is 19.6 Å². The molecule has 0 radical (unpaired) electrons. The van der Waals surface area contributed by atoms with E-state index in [0.717, 1.165) is 11.7 Å². The Kier molecular flexibility index (Phi) is 3.46. The van der Waals surface area contributed by atoms with E-state index in [1.807, 2.05) is 13.0 Å². The molecule has 0 bridgehead atoms. The lowest BCUT2D eigenvalue weighted by molar-refractivity contribution is 0.327. The van der Waals surface area contributed by atoms with Crippen LogP contribution in [-0.4, -0.2) is 25.6 Å². The number of hydrogen-bond acceptors (Lipinski definition) is 4. The van der Waals surface area contributed by atoms with E-state index in [1.54, 1.807) is 0 Å². The van der Waals surface area contributed by atoms with Gasteiger partial charge in [-0.2, -0.15) is 5.10 Å². The molecule has 108 valence electrons. The Morgan fingerprint density at radius 2 is 2.35 bits per heavy atom. The number of aryl methyl sites for hydroxylation is 1. The largest absolute Gasteiger partial charge is 0.367 e. The number of hydrogen-bond donors (Lipinski definition) is 2. The average molecular weight is 275 g/mol. The zero-order valence-electron chi connectivity index (χ0n) is 12.0. The number of anilines is 1. The molecule has 6 nitrogen and oxygen atoms in total. The van der Waals surface area contributed by atoms with Gasteiger partial charge < -0.3 is 5.32 Å². The number of nitrogens with one attached hydrogen (secondary N) is 2. The second-order valence-corrected chi connectivity index (χ2v) is 5.69. The normalized spacial score (nSPS) is 23.1. The minimum atomic E-state index is -0.236. The third-order valence-electron chi connectivity index (χ3n) is 4.28. The molecule has 1 aliphatic rings. The number of rotatable bonds is 3. The second kappa shape index (κ2) is 5.26. The quantitative estimate of drug-likeness (QED) is 0.899. The molecule has 2 heterocycles. The lowest BCUT2D eigenvalue weighted by atomic mass is 9.84. The number of aromatic amines is 1. The first-order chi connectivity index (χ1) is 9.67. The molecule has 0 spiro atoms. The van der Waals surface area contributed by atoms with Gasteiger partial charge in [0, 0.05) is 12.1 Å². The van der Waals surface area contributed by atoms with Gasteiger partial charge in [-0.15, -0.1) is 0 Å². The van der Waals surface area contributed by atoms with E-state index >= 15 is 0 Å². The van der Waals surface area contributed by atoms with Gasteiger partial charge in [-0.1, -0.05) is 26.2 Å². The number of H-pyrrole nitrogens is 1. The Hall–Kier alpha value is -1.85.